The van der Waals surface area contributed by atoms with E-state index in [1.54, 1.807) is 0 Å². The van der Waals surface area contributed by atoms with Crippen LogP contribution in [0.25, 0.3) is 10.9 Å². The van der Waals surface area contributed by atoms with Gasteiger partial charge in [0.05, 0.1) is 27.9 Å². The van der Waals surface area contributed by atoms with Crippen LogP contribution in [0.2, 0.25) is 10.0 Å². The van der Waals surface area contributed by atoms with Crippen molar-refractivity contribution < 1.29 is 4.74 Å². The van der Waals surface area contributed by atoms with E-state index in [-0.39, 0.29) is 18.0 Å². The summed E-state index contributed by atoms with van der Waals surface area (Å²) in [7, 11) is 0. The van der Waals surface area contributed by atoms with E-state index in [0.29, 0.717) is 16.7 Å². The fourth-order valence-corrected chi connectivity index (χ4v) is 4.21. The number of aromatic nitrogens is 1. The first-order chi connectivity index (χ1) is 14.6. The maximum atomic E-state index is 11.5. The molecule has 166 valence electrons. The summed E-state index contributed by atoms with van der Waals surface area (Å²) in [6.07, 6.45) is 2.08. The zero-order valence-electron chi connectivity index (χ0n) is 17.2. The highest BCUT2D eigenvalue weighted by atomic mass is 35.5. The van der Waals surface area contributed by atoms with Gasteiger partial charge < -0.3 is 14.6 Å². The molecule has 3 aromatic rings. The van der Waals surface area contributed by atoms with Crippen LogP contribution in [0.4, 0.5) is 5.69 Å². The fraction of sp³-hybridized carbons (Fsp3) is 0.348. The summed E-state index contributed by atoms with van der Waals surface area (Å²) in [6.45, 7) is 5.66. The van der Waals surface area contributed by atoms with Crippen molar-refractivity contribution in [3.63, 3.8) is 0 Å². The molecule has 1 fully saturated rings. The summed E-state index contributed by atoms with van der Waals surface area (Å²) >= 11 is 12.5. The third-order valence-corrected chi connectivity index (χ3v) is 6.29. The molecule has 1 N–H and O–H groups in total. The van der Waals surface area contributed by atoms with E-state index < -0.39 is 0 Å². The molecule has 0 aliphatic carbocycles. The van der Waals surface area contributed by atoms with E-state index in [1.807, 2.05) is 42.5 Å². The summed E-state index contributed by atoms with van der Waals surface area (Å²) in [5.41, 5.74) is 1.73. The number of hydrogen-bond donors (Lipinski definition) is 1. The van der Waals surface area contributed by atoms with Crippen LogP contribution in [-0.4, -0.2) is 49.2 Å². The number of benzene rings is 2. The lowest BCUT2D eigenvalue weighted by Gasteiger charge is -2.36. The van der Waals surface area contributed by atoms with Gasteiger partial charge in [-0.1, -0.05) is 29.3 Å². The number of nitrogens with zero attached hydrogens (tertiary/aromatic N) is 2. The first kappa shape index (κ1) is 23.7. The lowest BCUT2D eigenvalue weighted by Crippen LogP contribution is -2.46. The van der Waals surface area contributed by atoms with E-state index in [2.05, 4.69) is 14.8 Å². The zero-order valence-corrected chi connectivity index (χ0v) is 19.5. The summed E-state index contributed by atoms with van der Waals surface area (Å²) in [6, 6.07) is 14.9. The number of nitrogens with one attached hydrogen (secondary N) is 1. The second-order valence-electron chi connectivity index (χ2n) is 7.53. The Morgan fingerprint density at radius 3 is 2.55 bits per heavy atom. The van der Waals surface area contributed by atoms with Crippen molar-refractivity contribution in [2.24, 2.45) is 0 Å². The molecule has 5 nitrogen and oxygen atoms in total. The average molecular weight is 483 g/mol. The van der Waals surface area contributed by atoms with Gasteiger partial charge in [-0.25, -0.2) is 0 Å². The van der Waals surface area contributed by atoms with Gasteiger partial charge in [0.1, 0.15) is 5.75 Å². The smallest absolute Gasteiger partial charge is 0.248 e. The number of pyridine rings is 1. The van der Waals surface area contributed by atoms with Crippen molar-refractivity contribution in [2.75, 3.05) is 44.2 Å². The van der Waals surface area contributed by atoms with Crippen LogP contribution in [0, 0.1) is 0 Å². The van der Waals surface area contributed by atoms with Crippen molar-refractivity contribution >= 4 is 52.2 Å². The van der Waals surface area contributed by atoms with Gasteiger partial charge in [0.15, 0.2) is 0 Å². The number of ether oxygens (including phenoxy) is 1. The maximum absolute atomic E-state index is 11.5. The number of hydrogen-bond acceptors (Lipinski definition) is 4. The monoisotopic (exact) mass is 481 g/mol. The van der Waals surface area contributed by atoms with Gasteiger partial charge in [0.2, 0.25) is 5.56 Å². The summed E-state index contributed by atoms with van der Waals surface area (Å²) < 4.78 is 5.87. The Labute approximate surface area is 198 Å². The predicted molar refractivity (Wildman–Crippen MR) is 132 cm³/mol. The standard InChI is InChI=1S/C23H25Cl2N3O2.ClH/c24-19-4-3-5-21(23(19)25)28-13-11-27(12-14-28)10-1-2-15-30-18-8-6-17-7-9-22(29)26-20(17)16-18;/h3-9,16H,1-2,10-15H2,(H,26,29);1H. The lowest BCUT2D eigenvalue weighted by atomic mass is 10.2. The number of fused-ring (bicyclic) bond motifs is 1. The first-order valence-electron chi connectivity index (χ1n) is 10.3. The minimum Gasteiger partial charge on any atom is -0.494 e. The Morgan fingerprint density at radius 2 is 1.74 bits per heavy atom. The molecule has 1 aliphatic heterocycles. The highest BCUT2D eigenvalue weighted by Crippen LogP contribution is 2.32. The van der Waals surface area contributed by atoms with Gasteiger partial charge in [0.25, 0.3) is 0 Å². The molecule has 0 spiro atoms. The van der Waals surface area contributed by atoms with Crippen LogP contribution >= 0.6 is 35.6 Å². The van der Waals surface area contributed by atoms with Gasteiger partial charge >= 0.3 is 0 Å². The van der Waals surface area contributed by atoms with Crippen molar-refractivity contribution in [2.45, 2.75) is 12.8 Å². The summed E-state index contributed by atoms with van der Waals surface area (Å²) in [5, 5.41) is 2.25. The van der Waals surface area contributed by atoms with E-state index in [1.165, 1.54) is 6.07 Å². The Hall–Kier alpha value is -1.92. The second-order valence-corrected chi connectivity index (χ2v) is 8.31. The van der Waals surface area contributed by atoms with Gasteiger partial charge in [0, 0.05) is 38.3 Å². The summed E-state index contributed by atoms with van der Waals surface area (Å²) in [5.74, 6) is 0.788. The first-order valence-corrected chi connectivity index (χ1v) is 11.0. The minimum absolute atomic E-state index is 0. The molecular formula is C23H26Cl3N3O2. The van der Waals surface area contributed by atoms with E-state index in [0.717, 1.165) is 67.9 Å². The van der Waals surface area contributed by atoms with E-state index in [9.17, 15) is 4.79 Å². The largest absolute Gasteiger partial charge is 0.494 e. The molecule has 31 heavy (non-hydrogen) atoms. The summed E-state index contributed by atoms with van der Waals surface area (Å²) in [4.78, 5) is 19.1. The Morgan fingerprint density at radius 1 is 0.968 bits per heavy atom. The third kappa shape index (κ3) is 6.07. The van der Waals surface area contributed by atoms with Crippen LogP contribution in [0.3, 0.4) is 0 Å². The lowest BCUT2D eigenvalue weighted by molar-refractivity contribution is 0.238. The number of piperazine rings is 1. The highest BCUT2D eigenvalue weighted by molar-refractivity contribution is 6.43. The quantitative estimate of drug-likeness (QED) is 0.468. The van der Waals surface area contributed by atoms with Gasteiger partial charge in [-0.15, -0.1) is 12.4 Å². The number of anilines is 1. The fourth-order valence-electron chi connectivity index (χ4n) is 3.80. The van der Waals surface area contributed by atoms with Crippen molar-refractivity contribution in [1.82, 2.24) is 9.88 Å². The van der Waals surface area contributed by atoms with E-state index in [4.69, 9.17) is 27.9 Å². The maximum Gasteiger partial charge on any atom is 0.248 e. The normalized spacial score (nSPS) is 14.5. The Kier molecular flexibility index (Phi) is 8.50. The molecule has 0 unspecified atom stereocenters. The molecule has 2 aromatic carbocycles. The number of rotatable bonds is 7. The molecule has 1 aliphatic rings. The molecule has 0 atom stereocenters. The SMILES string of the molecule is Cl.O=c1ccc2ccc(OCCCCN3CCN(c4cccc(Cl)c4Cl)CC3)cc2[nH]1. The number of H-pyrrole nitrogens is 1. The van der Waals surface area contributed by atoms with Crippen LogP contribution in [0.5, 0.6) is 5.75 Å². The third-order valence-electron chi connectivity index (χ3n) is 5.48. The highest BCUT2D eigenvalue weighted by Gasteiger charge is 2.19. The van der Waals surface area contributed by atoms with Crippen LogP contribution < -0.4 is 15.2 Å². The van der Waals surface area contributed by atoms with Crippen molar-refractivity contribution in [3.8, 4) is 5.75 Å². The van der Waals surface area contributed by atoms with Crippen LogP contribution in [-0.2, 0) is 0 Å². The molecular weight excluding hydrogens is 457 g/mol. The number of halogens is 3. The second kappa shape index (κ2) is 11.1. The van der Waals surface area contributed by atoms with Crippen molar-refractivity contribution in [3.05, 3.63) is 68.9 Å². The molecule has 0 amide bonds. The molecule has 2 heterocycles. The van der Waals surface area contributed by atoms with Gasteiger partial charge in [-0.2, -0.15) is 0 Å². The molecule has 8 heteroatoms. The van der Waals surface area contributed by atoms with Gasteiger partial charge in [-0.05, 0) is 55.1 Å². The molecule has 0 radical (unpaired) electrons. The van der Waals surface area contributed by atoms with Crippen LogP contribution in [0.15, 0.2) is 53.3 Å². The van der Waals surface area contributed by atoms with Gasteiger partial charge in [-0.3, -0.25) is 9.69 Å². The topological polar surface area (TPSA) is 48.6 Å². The van der Waals surface area contributed by atoms with Crippen LogP contribution in [0.1, 0.15) is 12.8 Å². The minimum atomic E-state index is -0.0996. The zero-order chi connectivity index (χ0) is 20.9. The predicted octanol–water partition coefficient (Wildman–Crippen LogP) is 5.24. The van der Waals surface area contributed by atoms with Crippen molar-refractivity contribution in [1.29, 1.82) is 0 Å². The molecule has 4 rings (SSSR count). The number of unbranched alkanes of at least 4 members (excludes halogenated alkanes) is 1. The molecule has 1 aromatic heterocycles. The molecule has 0 bridgehead atoms. The average Bonchev–Trinajstić information content (AvgIpc) is 2.76. The molecule has 0 saturated carbocycles. The number of aromatic amines is 1. The Bertz CT molecular complexity index is 1070. The van der Waals surface area contributed by atoms with E-state index >= 15 is 0 Å². The Balaban J connectivity index is 0.00000272. The molecule has 1 saturated heterocycles.